The number of aryl methyl sites for hydroxylation is 2. The van der Waals surface area contributed by atoms with Gasteiger partial charge in [-0.2, -0.15) is 0 Å². The lowest BCUT2D eigenvalue weighted by atomic mass is 10.1. The Hall–Kier alpha value is -1.88. The van der Waals surface area contributed by atoms with Crippen molar-refractivity contribution in [1.29, 1.82) is 0 Å². The van der Waals surface area contributed by atoms with Crippen LogP contribution in [-0.2, 0) is 6.54 Å². The molecule has 1 aromatic carbocycles. The Labute approximate surface area is 112 Å². The third kappa shape index (κ3) is 3.32. The standard InChI is InChI=1S/C14H19N3O2/c1-10-4-5-11(2)14(12(10)3)19-7-13(18)6-17-8-15-16-9-17/h4-5,8-9,13,18H,6-7H2,1-3H3. The van der Waals surface area contributed by atoms with Crippen molar-refractivity contribution in [3.05, 3.63) is 41.5 Å². The van der Waals surface area contributed by atoms with Gasteiger partial charge in [-0.15, -0.1) is 10.2 Å². The average Bonchev–Trinajstić information content (AvgIpc) is 2.87. The van der Waals surface area contributed by atoms with Gasteiger partial charge in [0.05, 0.1) is 6.54 Å². The van der Waals surface area contributed by atoms with Gasteiger partial charge in [-0.05, 0) is 37.5 Å². The molecule has 0 fully saturated rings. The topological polar surface area (TPSA) is 60.2 Å². The number of hydrogen-bond donors (Lipinski definition) is 1. The van der Waals surface area contributed by atoms with E-state index in [4.69, 9.17) is 4.74 Å². The number of rotatable bonds is 5. The van der Waals surface area contributed by atoms with Crippen LogP contribution in [-0.4, -0.2) is 32.6 Å². The van der Waals surface area contributed by atoms with Gasteiger partial charge in [0.1, 0.15) is 31.1 Å². The minimum atomic E-state index is -0.588. The zero-order valence-electron chi connectivity index (χ0n) is 11.5. The lowest BCUT2D eigenvalue weighted by Gasteiger charge is -2.17. The van der Waals surface area contributed by atoms with Crippen LogP contribution in [0, 0.1) is 20.8 Å². The van der Waals surface area contributed by atoms with Crippen LogP contribution in [0.2, 0.25) is 0 Å². The van der Waals surface area contributed by atoms with E-state index in [-0.39, 0.29) is 6.61 Å². The second kappa shape index (κ2) is 5.84. The molecule has 1 atom stereocenters. The average molecular weight is 261 g/mol. The molecule has 5 nitrogen and oxygen atoms in total. The van der Waals surface area contributed by atoms with E-state index in [1.807, 2.05) is 19.9 Å². The minimum absolute atomic E-state index is 0.253. The fraction of sp³-hybridized carbons (Fsp3) is 0.429. The summed E-state index contributed by atoms with van der Waals surface area (Å²) in [4.78, 5) is 0. The second-order valence-corrected chi connectivity index (χ2v) is 4.78. The van der Waals surface area contributed by atoms with Crippen LogP contribution in [0.1, 0.15) is 16.7 Å². The summed E-state index contributed by atoms with van der Waals surface area (Å²) < 4.78 is 7.48. The molecule has 102 valence electrons. The molecule has 0 saturated carbocycles. The van der Waals surface area contributed by atoms with Gasteiger partial charge in [0.15, 0.2) is 0 Å². The second-order valence-electron chi connectivity index (χ2n) is 4.78. The van der Waals surface area contributed by atoms with Gasteiger partial charge in [-0.25, -0.2) is 0 Å². The van der Waals surface area contributed by atoms with Gasteiger partial charge in [0.2, 0.25) is 0 Å². The van der Waals surface area contributed by atoms with E-state index in [9.17, 15) is 5.11 Å². The molecule has 0 aliphatic heterocycles. The monoisotopic (exact) mass is 261 g/mol. The number of aliphatic hydroxyl groups is 1. The number of ether oxygens (including phenoxy) is 1. The number of hydrogen-bond acceptors (Lipinski definition) is 4. The predicted octanol–water partition coefficient (Wildman–Crippen LogP) is 1.64. The van der Waals surface area contributed by atoms with Gasteiger partial charge in [-0.3, -0.25) is 0 Å². The summed E-state index contributed by atoms with van der Waals surface area (Å²) >= 11 is 0. The molecule has 0 radical (unpaired) electrons. The summed E-state index contributed by atoms with van der Waals surface area (Å²) in [7, 11) is 0. The lowest BCUT2D eigenvalue weighted by Crippen LogP contribution is -2.23. The Morgan fingerprint density at radius 2 is 1.79 bits per heavy atom. The first-order chi connectivity index (χ1) is 9.08. The Kier molecular flexibility index (Phi) is 4.16. The Morgan fingerprint density at radius 1 is 1.16 bits per heavy atom. The highest BCUT2D eigenvalue weighted by Crippen LogP contribution is 2.25. The van der Waals surface area contributed by atoms with E-state index in [1.165, 1.54) is 5.56 Å². The summed E-state index contributed by atoms with van der Waals surface area (Å²) in [5.74, 6) is 0.864. The van der Waals surface area contributed by atoms with Crippen LogP contribution >= 0.6 is 0 Å². The molecule has 1 heterocycles. The first-order valence-corrected chi connectivity index (χ1v) is 6.28. The summed E-state index contributed by atoms with van der Waals surface area (Å²) in [6, 6.07) is 4.11. The molecule has 0 amide bonds. The largest absolute Gasteiger partial charge is 0.490 e. The molecule has 0 aliphatic carbocycles. The van der Waals surface area contributed by atoms with Crippen molar-refractivity contribution < 1.29 is 9.84 Å². The van der Waals surface area contributed by atoms with E-state index in [1.54, 1.807) is 17.2 Å². The highest BCUT2D eigenvalue weighted by molar-refractivity contribution is 5.44. The summed E-state index contributed by atoms with van der Waals surface area (Å²) in [5.41, 5.74) is 3.39. The van der Waals surface area contributed by atoms with Crippen LogP contribution in [0.5, 0.6) is 5.75 Å². The van der Waals surface area contributed by atoms with Crippen molar-refractivity contribution in [2.24, 2.45) is 0 Å². The van der Waals surface area contributed by atoms with E-state index in [2.05, 4.69) is 23.2 Å². The van der Waals surface area contributed by atoms with Gasteiger partial charge >= 0.3 is 0 Å². The van der Waals surface area contributed by atoms with Gasteiger partial charge in [0, 0.05) is 0 Å². The normalized spacial score (nSPS) is 12.4. The van der Waals surface area contributed by atoms with Crippen molar-refractivity contribution in [1.82, 2.24) is 14.8 Å². The first kappa shape index (κ1) is 13.5. The zero-order valence-corrected chi connectivity index (χ0v) is 11.5. The van der Waals surface area contributed by atoms with Crippen LogP contribution < -0.4 is 4.74 Å². The third-order valence-corrected chi connectivity index (χ3v) is 3.18. The van der Waals surface area contributed by atoms with E-state index < -0.39 is 6.10 Å². The van der Waals surface area contributed by atoms with Crippen molar-refractivity contribution in [2.45, 2.75) is 33.4 Å². The van der Waals surface area contributed by atoms with Gasteiger partial charge < -0.3 is 14.4 Å². The number of nitrogens with zero attached hydrogens (tertiary/aromatic N) is 3. The highest BCUT2D eigenvalue weighted by atomic mass is 16.5. The molecule has 19 heavy (non-hydrogen) atoms. The minimum Gasteiger partial charge on any atom is -0.490 e. The zero-order chi connectivity index (χ0) is 13.8. The molecule has 1 unspecified atom stereocenters. The summed E-state index contributed by atoms with van der Waals surface area (Å²) in [6.07, 6.45) is 2.56. The lowest BCUT2D eigenvalue weighted by molar-refractivity contribution is 0.0917. The molecule has 0 aliphatic rings. The molecule has 0 bridgehead atoms. The molecule has 1 aromatic heterocycles. The van der Waals surface area contributed by atoms with Crippen molar-refractivity contribution in [3.8, 4) is 5.75 Å². The van der Waals surface area contributed by atoms with Crippen molar-refractivity contribution in [3.63, 3.8) is 0 Å². The molecule has 2 rings (SSSR count). The summed E-state index contributed by atoms with van der Waals surface area (Å²) in [5, 5.41) is 17.3. The molecule has 0 saturated heterocycles. The highest BCUT2D eigenvalue weighted by Gasteiger charge is 2.10. The quantitative estimate of drug-likeness (QED) is 0.889. The van der Waals surface area contributed by atoms with Gasteiger partial charge in [0.25, 0.3) is 0 Å². The SMILES string of the molecule is Cc1ccc(C)c(OCC(O)Cn2cnnc2)c1C. The predicted molar refractivity (Wildman–Crippen MR) is 72.2 cm³/mol. The van der Waals surface area contributed by atoms with Crippen LogP contribution in [0.15, 0.2) is 24.8 Å². The molecule has 0 spiro atoms. The maximum atomic E-state index is 9.93. The van der Waals surface area contributed by atoms with Crippen LogP contribution in [0.4, 0.5) is 0 Å². The van der Waals surface area contributed by atoms with Crippen molar-refractivity contribution in [2.75, 3.05) is 6.61 Å². The van der Waals surface area contributed by atoms with E-state index >= 15 is 0 Å². The number of benzene rings is 1. The molecule has 5 heteroatoms. The fourth-order valence-electron chi connectivity index (χ4n) is 1.94. The molecule has 1 N–H and O–H groups in total. The van der Waals surface area contributed by atoms with E-state index in [0.717, 1.165) is 16.9 Å². The molecular weight excluding hydrogens is 242 g/mol. The number of aliphatic hydroxyl groups excluding tert-OH is 1. The molecular formula is C14H19N3O2. The summed E-state index contributed by atoms with van der Waals surface area (Å²) in [6.45, 7) is 6.77. The first-order valence-electron chi connectivity index (χ1n) is 6.28. The maximum absolute atomic E-state index is 9.93. The van der Waals surface area contributed by atoms with Gasteiger partial charge in [-0.1, -0.05) is 12.1 Å². The smallest absolute Gasteiger partial charge is 0.125 e. The van der Waals surface area contributed by atoms with E-state index in [0.29, 0.717) is 6.54 Å². The maximum Gasteiger partial charge on any atom is 0.125 e. The fourth-order valence-corrected chi connectivity index (χ4v) is 1.94. The van der Waals surface area contributed by atoms with Crippen LogP contribution in [0.25, 0.3) is 0 Å². The molecule has 2 aromatic rings. The third-order valence-electron chi connectivity index (χ3n) is 3.18. The van der Waals surface area contributed by atoms with Crippen molar-refractivity contribution >= 4 is 0 Å². The Morgan fingerprint density at radius 3 is 2.47 bits per heavy atom. The number of aromatic nitrogens is 3. The van der Waals surface area contributed by atoms with Crippen LogP contribution in [0.3, 0.4) is 0 Å². The Bertz CT molecular complexity index is 538. The Balaban J connectivity index is 1.97.